The van der Waals surface area contributed by atoms with Crippen molar-refractivity contribution in [2.75, 3.05) is 36.0 Å². The van der Waals surface area contributed by atoms with Crippen LogP contribution >= 0.6 is 11.3 Å². The molecular formula is C14H17FN4S. The van der Waals surface area contributed by atoms with Gasteiger partial charge in [0.1, 0.15) is 5.82 Å². The maximum absolute atomic E-state index is 13.2. The minimum absolute atomic E-state index is 0.417. The summed E-state index contributed by atoms with van der Waals surface area (Å²) in [6.45, 7) is 5.64. The SMILES string of the molecule is Cc1csc(N2CCCN(c3cccc(F)n3)CC2)n1. The summed E-state index contributed by atoms with van der Waals surface area (Å²) in [4.78, 5) is 13.0. The van der Waals surface area contributed by atoms with Crippen LogP contribution < -0.4 is 9.80 Å². The number of pyridine rings is 1. The first-order chi connectivity index (χ1) is 9.72. The second-order valence-electron chi connectivity index (χ2n) is 4.92. The van der Waals surface area contributed by atoms with Crippen LogP contribution in [0, 0.1) is 12.9 Å². The van der Waals surface area contributed by atoms with Gasteiger partial charge in [0.25, 0.3) is 0 Å². The minimum atomic E-state index is -0.417. The summed E-state index contributed by atoms with van der Waals surface area (Å²) in [6.07, 6.45) is 1.02. The van der Waals surface area contributed by atoms with Crippen molar-refractivity contribution < 1.29 is 4.39 Å². The number of hydrogen-bond acceptors (Lipinski definition) is 5. The third kappa shape index (κ3) is 2.90. The number of thiazole rings is 1. The van der Waals surface area contributed by atoms with E-state index in [0.29, 0.717) is 0 Å². The van der Waals surface area contributed by atoms with E-state index in [1.807, 2.05) is 13.0 Å². The van der Waals surface area contributed by atoms with Crippen LogP contribution in [0.4, 0.5) is 15.3 Å². The van der Waals surface area contributed by atoms with Gasteiger partial charge < -0.3 is 9.80 Å². The van der Waals surface area contributed by atoms with Gasteiger partial charge in [-0.05, 0) is 25.5 Å². The fourth-order valence-electron chi connectivity index (χ4n) is 2.40. The standard InChI is InChI=1S/C14H17FN4S/c1-11-10-20-14(16-11)19-7-3-6-18(8-9-19)13-5-2-4-12(15)17-13/h2,4-5,10H,3,6-9H2,1H3. The molecule has 1 saturated heterocycles. The molecule has 0 saturated carbocycles. The highest BCUT2D eigenvalue weighted by Gasteiger charge is 2.18. The summed E-state index contributed by atoms with van der Waals surface area (Å²) in [6, 6.07) is 4.96. The summed E-state index contributed by atoms with van der Waals surface area (Å²) in [7, 11) is 0. The lowest BCUT2D eigenvalue weighted by Gasteiger charge is -2.22. The summed E-state index contributed by atoms with van der Waals surface area (Å²) >= 11 is 1.69. The van der Waals surface area contributed by atoms with Gasteiger partial charge in [-0.2, -0.15) is 4.39 Å². The highest BCUT2D eigenvalue weighted by molar-refractivity contribution is 7.13. The van der Waals surface area contributed by atoms with Crippen molar-refractivity contribution in [2.24, 2.45) is 0 Å². The number of anilines is 2. The van der Waals surface area contributed by atoms with Crippen molar-refractivity contribution in [3.05, 3.63) is 35.2 Å². The Balaban J connectivity index is 1.70. The molecule has 0 N–H and O–H groups in total. The zero-order valence-corrected chi connectivity index (χ0v) is 12.2. The molecule has 2 aromatic heterocycles. The Labute approximate surface area is 121 Å². The second kappa shape index (κ2) is 5.75. The molecule has 2 aromatic rings. The van der Waals surface area contributed by atoms with Gasteiger partial charge in [-0.15, -0.1) is 11.3 Å². The lowest BCUT2D eigenvalue weighted by atomic mass is 10.3. The van der Waals surface area contributed by atoms with Crippen molar-refractivity contribution in [2.45, 2.75) is 13.3 Å². The number of aryl methyl sites for hydroxylation is 1. The summed E-state index contributed by atoms with van der Waals surface area (Å²) < 4.78 is 13.2. The molecule has 20 heavy (non-hydrogen) atoms. The van der Waals surface area contributed by atoms with Crippen molar-refractivity contribution in [1.29, 1.82) is 0 Å². The normalized spacial score (nSPS) is 16.3. The van der Waals surface area contributed by atoms with E-state index in [9.17, 15) is 4.39 Å². The van der Waals surface area contributed by atoms with Crippen LogP contribution in [0.1, 0.15) is 12.1 Å². The lowest BCUT2D eigenvalue weighted by Crippen LogP contribution is -2.31. The third-order valence-corrected chi connectivity index (χ3v) is 4.42. The van der Waals surface area contributed by atoms with Crippen molar-refractivity contribution in [3.63, 3.8) is 0 Å². The van der Waals surface area contributed by atoms with E-state index in [0.717, 1.165) is 49.2 Å². The molecule has 0 bridgehead atoms. The van der Waals surface area contributed by atoms with Crippen LogP contribution in [-0.2, 0) is 0 Å². The van der Waals surface area contributed by atoms with Crippen LogP contribution in [-0.4, -0.2) is 36.1 Å². The number of hydrogen-bond donors (Lipinski definition) is 0. The Hall–Kier alpha value is -1.69. The number of nitrogens with zero attached hydrogens (tertiary/aromatic N) is 4. The molecule has 6 heteroatoms. The maximum Gasteiger partial charge on any atom is 0.214 e. The molecule has 0 aromatic carbocycles. The fraction of sp³-hybridized carbons (Fsp3) is 0.429. The fourth-order valence-corrected chi connectivity index (χ4v) is 3.26. The summed E-state index contributed by atoms with van der Waals surface area (Å²) in [5.74, 6) is 0.307. The van der Waals surface area contributed by atoms with Crippen molar-refractivity contribution >= 4 is 22.3 Å². The van der Waals surface area contributed by atoms with E-state index in [4.69, 9.17) is 0 Å². The van der Waals surface area contributed by atoms with Gasteiger partial charge in [-0.1, -0.05) is 6.07 Å². The molecule has 1 aliphatic rings. The molecule has 3 rings (SSSR count). The molecule has 0 unspecified atom stereocenters. The van der Waals surface area contributed by atoms with Crippen molar-refractivity contribution in [1.82, 2.24) is 9.97 Å². The molecule has 0 radical (unpaired) electrons. The third-order valence-electron chi connectivity index (χ3n) is 3.40. The van der Waals surface area contributed by atoms with E-state index < -0.39 is 5.95 Å². The topological polar surface area (TPSA) is 32.3 Å². The molecule has 106 valence electrons. The monoisotopic (exact) mass is 292 g/mol. The highest BCUT2D eigenvalue weighted by atomic mass is 32.1. The number of aromatic nitrogens is 2. The Morgan fingerprint density at radius 2 is 1.90 bits per heavy atom. The maximum atomic E-state index is 13.2. The Kier molecular flexibility index (Phi) is 3.82. The number of rotatable bonds is 2. The second-order valence-corrected chi connectivity index (χ2v) is 5.75. The smallest absolute Gasteiger partial charge is 0.214 e. The summed E-state index contributed by atoms with van der Waals surface area (Å²) in [5, 5.41) is 3.16. The minimum Gasteiger partial charge on any atom is -0.355 e. The van der Waals surface area contributed by atoms with E-state index in [-0.39, 0.29) is 0 Å². The number of halogens is 1. The quantitative estimate of drug-likeness (QED) is 0.797. The van der Waals surface area contributed by atoms with Crippen molar-refractivity contribution in [3.8, 4) is 0 Å². The van der Waals surface area contributed by atoms with Gasteiger partial charge >= 0.3 is 0 Å². The molecule has 1 fully saturated rings. The van der Waals surface area contributed by atoms with Gasteiger partial charge in [0.05, 0.1) is 5.69 Å². The molecule has 0 aliphatic carbocycles. The predicted octanol–water partition coefficient (Wildman–Crippen LogP) is 2.70. The van der Waals surface area contributed by atoms with Crippen LogP contribution in [0.5, 0.6) is 0 Å². The van der Waals surface area contributed by atoms with E-state index in [2.05, 4.69) is 25.1 Å². The zero-order valence-electron chi connectivity index (χ0n) is 11.4. The first kappa shape index (κ1) is 13.3. The van der Waals surface area contributed by atoms with Crippen LogP contribution in [0.3, 0.4) is 0 Å². The van der Waals surface area contributed by atoms with Crippen LogP contribution in [0.25, 0.3) is 0 Å². The molecule has 0 atom stereocenters. The average Bonchev–Trinajstić information content (AvgIpc) is 2.73. The average molecular weight is 292 g/mol. The highest BCUT2D eigenvalue weighted by Crippen LogP contribution is 2.22. The first-order valence-corrected chi connectivity index (χ1v) is 7.65. The Morgan fingerprint density at radius 3 is 2.65 bits per heavy atom. The van der Waals surface area contributed by atoms with Gasteiger partial charge in [0.15, 0.2) is 5.13 Å². The largest absolute Gasteiger partial charge is 0.355 e. The Morgan fingerprint density at radius 1 is 1.10 bits per heavy atom. The van der Waals surface area contributed by atoms with E-state index in [1.165, 1.54) is 6.07 Å². The van der Waals surface area contributed by atoms with Gasteiger partial charge in [0.2, 0.25) is 5.95 Å². The van der Waals surface area contributed by atoms with E-state index >= 15 is 0 Å². The molecule has 4 nitrogen and oxygen atoms in total. The predicted molar refractivity (Wildman–Crippen MR) is 80.1 cm³/mol. The summed E-state index contributed by atoms with van der Waals surface area (Å²) in [5.41, 5.74) is 1.07. The molecular weight excluding hydrogens is 275 g/mol. The van der Waals surface area contributed by atoms with Crippen LogP contribution in [0.2, 0.25) is 0 Å². The molecule has 3 heterocycles. The van der Waals surface area contributed by atoms with Gasteiger partial charge in [-0.25, -0.2) is 9.97 Å². The van der Waals surface area contributed by atoms with Gasteiger partial charge in [0, 0.05) is 31.6 Å². The van der Waals surface area contributed by atoms with E-state index in [1.54, 1.807) is 17.4 Å². The lowest BCUT2D eigenvalue weighted by molar-refractivity contribution is 0.581. The molecule has 0 amide bonds. The zero-order chi connectivity index (χ0) is 13.9. The molecule has 0 spiro atoms. The first-order valence-electron chi connectivity index (χ1n) is 6.77. The van der Waals surface area contributed by atoms with Gasteiger partial charge in [-0.3, -0.25) is 0 Å². The molecule has 1 aliphatic heterocycles. The Bertz CT molecular complexity index is 586. The van der Waals surface area contributed by atoms with Crippen LogP contribution in [0.15, 0.2) is 23.6 Å².